The van der Waals surface area contributed by atoms with E-state index in [0.29, 0.717) is 28.4 Å². The average Bonchev–Trinajstić information content (AvgIpc) is 2.61. The summed E-state index contributed by atoms with van der Waals surface area (Å²) in [5.74, 6) is 0.788. The Morgan fingerprint density at radius 2 is 1.74 bits per heavy atom. The molecular formula is C22H23FO4. The maximum absolute atomic E-state index is 14.6. The number of hydrogen-bond acceptors (Lipinski definition) is 4. The standard InChI is InChI=1S/C22H23FO4/c1-13-19(25-4)9-14(10-20(13)26-5)8-18(24)16-11-15-6-7-22(2,3)27-21(15)12-17(16)23/h6-7,9-12H,8H2,1-5H3/i23-1. The van der Waals surface area contributed by atoms with E-state index in [1.165, 1.54) is 6.07 Å². The molecule has 0 bridgehead atoms. The lowest BCUT2D eigenvalue weighted by Crippen LogP contribution is -2.27. The summed E-state index contributed by atoms with van der Waals surface area (Å²) in [6, 6.07) is 6.38. The minimum Gasteiger partial charge on any atom is -0.496 e. The molecule has 0 N–H and O–H groups in total. The van der Waals surface area contributed by atoms with E-state index in [-0.39, 0.29) is 17.8 Å². The number of rotatable bonds is 5. The molecule has 0 spiro atoms. The van der Waals surface area contributed by atoms with E-state index in [0.717, 1.165) is 5.56 Å². The van der Waals surface area contributed by atoms with Gasteiger partial charge in [-0.2, -0.15) is 0 Å². The third-order valence-corrected chi connectivity index (χ3v) is 4.61. The third kappa shape index (κ3) is 3.82. The normalized spacial score (nSPS) is 14.3. The molecule has 0 aliphatic carbocycles. The number of hydrogen-bond donors (Lipinski definition) is 0. The molecular weight excluding hydrogens is 346 g/mol. The van der Waals surface area contributed by atoms with Crippen molar-refractivity contribution in [1.82, 2.24) is 0 Å². The zero-order valence-corrected chi connectivity index (χ0v) is 16.2. The fourth-order valence-electron chi connectivity index (χ4n) is 3.14. The number of Topliss-reactive ketones (excluding diaryl/α,β-unsaturated/α-hetero) is 1. The maximum Gasteiger partial charge on any atom is 0.170 e. The Kier molecular flexibility index (Phi) is 4.96. The zero-order valence-electron chi connectivity index (χ0n) is 16.2. The van der Waals surface area contributed by atoms with Crippen LogP contribution in [-0.2, 0) is 6.42 Å². The highest BCUT2D eigenvalue weighted by atomic mass is 18.2. The molecule has 0 saturated heterocycles. The summed E-state index contributed by atoms with van der Waals surface area (Å²) in [5.41, 5.74) is 1.78. The van der Waals surface area contributed by atoms with Crippen molar-refractivity contribution < 1.29 is 23.4 Å². The smallest absolute Gasteiger partial charge is 0.170 e. The average molecular weight is 369 g/mol. The van der Waals surface area contributed by atoms with Crippen molar-refractivity contribution in [2.75, 3.05) is 14.2 Å². The van der Waals surface area contributed by atoms with Gasteiger partial charge < -0.3 is 14.2 Å². The molecule has 0 saturated carbocycles. The van der Waals surface area contributed by atoms with Crippen molar-refractivity contribution in [1.29, 1.82) is 0 Å². The topological polar surface area (TPSA) is 44.8 Å². The number of carbonyl (C=O) groups is 1. The largest absolute Gasteiger partial charge is 0.496 e. The number of carbonyl (C=O) groups excluding carboxylic acids is 1. The summed E-state index contributed by atoms with van der Waals surface area (Å²) in [4.78, 5) is 12.7. The highest BCUT2D eigenvalue weighted by Gasteiger charge is 2.24. The number of ketones is 1. The molecule has 5 heteroatoms. The second-order valence-corrected chi connectivity index (χ2v) is 7.13. The van der Waals surface area contributed by atoms with Gasteiger partial charge in [0.2, 0.25) is 0 Å². The van der Waals surface area contributed by atoms with Gasteiger partial charge in [-0.3, -0.25) is 4.79 Å². The minimum absolute atomic E-state index is 0.0404. The van der Waals surface area contributed by atoms with Crippen LogP contribution in [0, 0.1) is 12.7 Å². The van der Waals surface area contributed by atoms with E-state index < -0.39 is 11.4 Å². The minimum atomic E-state index is -0.587. The Balaban J connectivity index is 1.92. The van der Waals surface area contributed by atoms with Crippen molar-refractivity contribution in [3.8, 4) is 17.2 Å². The van der Waals surface area contributed by atoms with E-state index >= 15 is 0 Å². The van der Waals surface area contributed by atoms with E-state index in [4.69, 9.17) is 14.2 Å². The van der Waals surface area contributed by atoms with Gasteiger partial charge in [-0.25, -0.2) is 4.39 Å². The van der Waals surface area contributed by atoms with Gasteiger partial charge in [0.1, 0.15) is 28.7 Å². The molecule has 1 heterocycles. The Morgan fingerprint density at radius 1 is 1.11 bits per heavy atom. The van der Waals surface area contributed by atoms with Gasteiger partial charge in [0.15, 0.2) is 5.78 Å². The van der Waals surface area contributed by atoms with Gasteiger partial charge in [0.25, 0.3) is 0 Å². The number of fused-ring (bicyclic) bond motifs is 1. The molecule has 4 nitrogen and oxygen atoms in total. The van der Waals surface area contributed by atoms with Crippen LogP contribution >= 0.6 is 0 Å². The molecule has 0 unspecified atom stereocenters. The van der Waals surface area contributed by atoms with Crippen molar-refractivity contribution in [2.24, 2.45) is 0 Å². The SMILES string of the molecule is COc1cc(CC(=O)c2cc3c(cc2[18F])OC(C)(C)C=C3)cc(OC)c1C. The Hall–Kier alpha value is -2.82. The number of halogens is 1. The van der Waals surface area contributed by atoms with Gasteiger partial charge in [0.05, 0.1) is 19.8 Å². The maximum atomic E-state index is 14.6. The number of methoxy groups -OCH3 is 2. The molecule has 0 aromatic heterocycles. The summed E-state index contributed by atoms with van der Waals surface area (Å²) in [6.07, 6.45) is 3.78. The zero-order chi connectivity index (χ0) is 19.8. The van der Waals surface area contributed by atoms with Crippen LogP contribution in [0.5, 0.6) is 17.2 Å². The Labute approximate surface area is 158 Å². The molecule has 142 valence electrons. The predicted molar refractivity (Wildman–Crippen MR) is 102 cm³/mol. The van der Waals surface area contributed by atoms with E-state index in [9.17, 15) is 9.18 Å². The monoisotopic (exact) mass is 369 g/mol. The summed E-state index contributed by atoms with van der Waals surface area (Å²) in [5, 5.41) is 0. The van der Waals surface area contributed by atoms with Gasteiger partial charge in [0, 0.05) is 23.6 Å². The van der Waals surface area contributed by atoms with Crippen molar-refractivity contribution in [3.05, 3.63) is 58.4 Å². The first-order valence-electron chi connectivity index (χ1n) is 8.70. The van der Waals surface area contributed by atoms with Crippen LogP contribution in [0.25, 0.3) is 6.08 Å². The van der Waals surface area contributed by atoms with Crippen LogP contribution in [0.15, 0.2) is 30.3 Å². The third-order valence-electron chi connectivity index (χ3n) is 4.61. The van der Waals surface area contributed by atoms with Crippen LogP contribution in [0.1, 0.15) is 40.9 Å². The molecule has 0 amide bonds. The predicted octanol–water partition coefficient (Wildman–Crippen LogP) is 4.76. The quantitative estimate of drug-likeness (QED) is 0.713. The second kappa shape index (κ2) is 7.06. The van der Waals surface area contributed by atoms with Crippen molar-refractivity contribution in [2.45, 2.75) is 32.8 Å². The lowest BCUT2D eigenvalue weighted by molar-refractivity contribution is 0.0988. The van der Waals surface area contributed by atoms with Crippen LogP contribution in [0.4, 0.5) is 4.39 Å². The molecule has 3 rings (SSSR count). The van der Waals surface area contributed by atoms with Gasteiger partial charge in [-0.1, -0.05) is 6.08 Å². The van der Waals surface area contributed by atoms with E-state index in [1.807, 2.05) is 32.9 Å². The molecule has 0 radical (unpaired) electrons. The van der Waals surface area contributed by atoms with Crippen molar-refractivity contribution >= 4 is 11.9 Å². The van der Waals surface area contributed by atoms with Crippen LogP contribution in [-0.4, -0.2) is 25.6 Å². The van der Waals surface area contributed by atoms with Crippen molar-refractivity contribution in [3.63, 3.8) is 0 Å². The fraction of sp³-hybridized carbons (Fsp3) is 0.318. The molecule has 1 aliphatic heterocycles. The second-order valence-electron chi connectivity index (χ2n) is 7.13. The first-order valence-corrected chi connectivity index (χ1v) is 8.70. The number of benzene rings is 2. The fourth-order valence-corrected chi connectivity index (χ4v) is 3.14. The first-order chi connectivity index (χ1) is 12.7. The van der Waals surface area contributed by atoms with Crippen LogP contribution < -0.4 is 14.2 Å². The Bertz CT molecular complexity index is 903. The summed E-state index contributed by atoms with van der Waals surface area (Å²) in [7, 11) is 3.12. The summed E-state index contributed by atoms with van der Waals surface area (Å²) >= 11 is 0. The van der Waals surface area contributed by atoms with E-state index in [2.05, 4.69) is 0 Å². The molecule has 27 heavy (non-hydrogen) atoms. The highest BCUT2D eigenvalue weighted by Crippen LogP contribution is 2.34. The van der Waals surface area contributed by atoms with Crippen LogP contribution in [0.2, 0.25) is 0 Å². The molecule has 1 aliphatic rings. The summed E-state index contributed by atoms with van der Waals surface area (Å²) < 4.78 is 31.0. The van der Waals surface area contributed by atoms with Crippen LogP contribution in [0.3, 0.4) is 0 Å². The first kappa shape index (κ1) is 19.0. The molecule has 2 aromatic rings. The van der Waals surface area contributed by atoms with Gasteiger partial charge in [-0.05, 0) is 50.6 Å². The van der Waals surface area contributed by atoms with Gasteiger partial charge >= 0.3 is 0 Å². The molecule has 2 aromatic carbocycles. The summed E-state index contributed by atoms with van der Waals surface area (Å²) in [6.45, 7) is 5.66. The lowest BCUT2D eigenvalue weighted by atomic mass is 9.96. The lowest BCUT2D eigenvalue weighted by Gasteiger charge is -2.28. The Morgan fingerprint density at radius 3 is 2.33 bits per heavy atom. The number of ether oxygens (including phenoxy) is 3. The van der Waals surface area contributed by atoms with Gasteiger partial charge in [-0.15, -0.1) is 0 Å². The van der Waals surface area contributed by atoms with E-state index in [1.54, 1.807) is 32.4 Å². The molecule has 0 fully saturated rings. The highest BCUT2D eigenvalue weighted by molar-refractivity contribution is 5.98. The molecule has 0 atom stereocenters.